The number of carbonyl (C=O) groups is 2. The summed E-state index contributed by atoms with van der Waals surface area (Å²) in [6.45, 7) is 1.84. The Labute approximate surface area is 232 Å². The molecule has 3 aromatic carbocycles. The number of halogens is 1. The third kappa shape index (κ3) is 8.24. The van der Waals surface area contributed by atoms with E-state index in [0.29, 0.717) is 30.4 Å². The van der Waals surface area contributed by atoms with Crippen molar-refractivity contribution in [3.05, 3.63) is 95.9 Å². The highest BCUT2D eigenvalue weighted by Gasteiger charge is 2.20. The molecule has 9 nitrogen and oxygen atoms in total. The first kappa shape index (κ1) is 29.1. The number of ether oxygens (including phenoxy) is 3. The Balaban J connectivity index is 0.00000420. The molecule has 10 heteroatoms. The van der Waals surface area contributed by atoms with Crippen molar-refractivity contribution in [3.63, 3.8) is 0 Å². The number of oxazole rings is 1. The minimum atomic E-state index is -1.14. The van der Waals surface area contributed by atoms with E-state index in [9.17, 15) is 14.7 Å². The van der Waals surface area contributed by atoms with Crippen molar-refractivity contribution >= 4 is 24.5 Å². The summed E-state index contributed by atoms with van der Waals surface area (Å²) in [6, 6.07) is 23.3. The van der Waals surface area contributed by atoms with Crippen LogP contribution in [0.4, 0.5) is 4.79 Å². The first-order valence-corrected chi connectivity index (χ1v) is 12.0. The third-order valence-electron chi connectivity index (χ3n) is 5.67. The number of hydrogen-bond acceptors (Lipinski definition) is 7. The maximum atomic E-state index is 12.6. The fraction of sp³-hybridized carbons (Fsp3) is 0.207. The lowest BCUT2D eigenvalue weighted by atomic mass is 10.2. The molecular weight excluding hydrogens is 524 g/mol. The summed E-state index contributed by atoms with van der Waals surface area (Å²) >= 11 is 0. The van der Waals surface area contributed by atoms with Gasteiger partial charge in [-0.1, -0.05) is 30.3 Å². The third-order valence-corrected chi connectivity index (χ3v) is 5.67. The molecule has 204 valence electrons. The molecule has 0 atom stereocenters. The van der Waals surface area contributed by atoms with Gasteiger partial charge in [-0.2, -0.15) is 0 Å². The van der Waals surface area contributed by atoms with E-state index in [1.807, 2.05) is 37.3 Å². The molecule has 0 bridgehead atoms. The van der Waals surface area contributed by atoms with Gasteiger partial charge in [-0.15, -0.1) is 12.4 Å². The van der Waals surface area contributed by atoms with Crippen LogP contribution in [0.25, 0.3) is 11.5 Å². The van der Waals surface area contributed by atoms with E-state index in [1.54, 1.807) is 48.5 Å². The summed E-state index contributed by atoms with van der Waals surface area (Å²) < 4.78 is 22.1. The fourth-order valence-corrected chi connectivity index (χ4v) is 3.70. The number of carboxylic acids is 1. The van der Waals surface area contributed by atoms with Crippen LogP contribution in [0.15, 0.2) is 83.3 Å². The zero-order chi connectivity index (χ0) is 26.9. The van der Waals surface area contributed by atoms with Gasteiger partial charge in [0.05, 0.1) is 19.4 Å². The van der Waals surface area contributed by atoms with E-state index < -0.39 is 18.6 Å². The molecule has 0 aliphatic heterocycles. The number of rotatable bonds is 11. The average Bonchev–Trinajstić information content (AvgIpc) is 3.30. The number of carboxylic acid groups (broad SMARTS) is 1. The van der Waals surface area contributed by atoms with Gasteiger partial charge in [0, 0.05) is 18.5 Å². The molecule has 0 fully saturated rings. The molecule has 1 N–H and O–H groups in total. The first-order chi connectivity index (χ1) is 18.4. The molecule has 1 aromatic heterocycles. The van der Waals surface area contributed by atoms with Crippen LogP contribution < -0.4 is 14.2 Å². The summed E-state index contributed by atoms with van der Waals surface area (Å²) in [6.07, 6.45) is -0.191. The van der Waals surface area contributed by atoms with Crippen molar-refractivity contribution in [2.75, 3.05) is 20.3 Å². The minimum absolute atomic E-state index is 0. The number of nitrogens with zero attached hydrogens (tertiary/aromatic N) is 2. The van der Waals surface area contributed by atoms with Crippen LogP contribution in [0.2, 0.25) is 0 Å². The zero-order valence-electron chi connectivity index (χ0n) is 21.5. The number of methoxy groups -OCH3 is 1. The molecule has 1 amide bonds. The van der Waals surface area contributed by atoms with Crippen molar-refractivity contribution in [2.45, 2.75) is 19.9 Å². The van der Waals surface area contributed by atoms with E-state index in [2.05, 4.69) is 4.98 Å². The maximum Gasteiger partial charge on any atom is 0.416 e. The van der Waals surface area contributed by atoms with Crippen LogP contribution in [0.5, 0.6) is 17.2 Å². The molecule has 0 aliphatic rings. The summed E-state index contributed by atoms with van der Waals surface area (Å²) in [7, 11) is 1.53. The average molecular weight is 553 g/mol. The first-order valence-electron chi connectivity index (χ1n) is 12.0. The highest BCUT2D eigenvalue weighted by atomic mass is 35.5. The quantitative estimate of drug-likeness (QED) is 0.249. The van der Waals surface area contributed by atoms with Gasteiger partial charge < -0.3 is 23.7 Å². The molecule has 0 saturated carbocycles. The molecule has 1 heterocycles. The van der Waals surface area contributed by atoms with Crippen LogP contribution in [0, 0.1) is 6.92 Å². The summed E-state index contributed by atoms with van der Waals surface area (Å²) in [5.41, 5.74) is 2.48. The number of carbonyl (C=O) groups excluding carboxylic acids is 1. The highest BCUT2D eigenvalue weighted by Crippen LogP contribution is 2.22. The predicted molar refractivity (Wildman–Crippen MR) is 147 cm³/mol. The Hall–Kier alpha value is -4.50. The number of aromatic nitrogens is 1. The minimum Gasteiger partial charge on any atom is -0.497 e. The second kappa shape index (κ2) is 13.9. The molecular formula is C29H29ClN2O7. The summed E-state index contributed by atoms with van der Waals surface area (Å²) in [5.74, 6) is 1.73. The molecule has 4 aromatic rings. The van der Waals surface area contributed by atoms with E-state index in [0.717, 1.165) is 27.5 Å². The van der Waals surface area contributed by atoms with Crippen molar-refractivity contribution in [1.82, 2.24) is 9.88 Å². The smallest absolute Gasteiger partial charge is 0.416 e. The van der Waals surface area contributed by atoms with Crippen molar-refractivity contribution in [2.24, 2.45) is 0 Å². The molecule has 0 saturated heterocycles. The molecule has 39 heavy (non-hydrogen) atoms. The second-order valence-corrected chi connectivity index (χ2v) is 8.42. The van der Waals surface area contributed by atoms with Gasteiger partial charge >= 0.3 is 12.1 Å². The largest absolute Gasteiger partial charge is 0.497 e. The Morgan fingerprint density at radius 3 is 2.21 bits per heavy atom. The van der Waals surface area contributed by atoms with E-state index in [4.69, 9.17) is 18.6 Å². The Morgan fingerprint density at radius 2 is 1.56 bits per heavy atom. The summed E-state index contributed by atoms with van der Waals surface area (Å²) in [5, 5.41) is 9.27. The SMILES string of the molecule is COc1ccc(OC(=O)N(CC(=O)O)Cc2ccc(OCCc3nc(-c4ccccc4)oc3C)cc2)cc1.Cl. The van der Waals surface area contributed by atoms with Gasteiger partial charge in [0.15, 0.2) is 0 Å². The van der Waals surface area contributed by atoms with Gasteiger partial charge in [-0.3, -0.25) is 9.69 Å². The summed E-state index contributed by atoms with van der Waals surface area (Å²) in [4.78, 5) is 29.7. The lowest BCUT2D eigenvalue weighted by Gasteiger charge is -2.20. The Kier molecular flexibility index (Phi) is 10.3. The fourth-order valence-electron chi connectivity index (χ4n) is 3.70. The van der Waals surface area contributed by atoms with Gasteiger partial charge in [-0.25, -0.2) is 9.78 Å². The van der Waals surface area contributed by atoms with Crippen LogP contribution >= 0.6 is 12.4 Å². The van der Waals surface area contributed by atoms with Crippen molar-refractivity contribution < 1.29 is 33.3 Å². The lowest BCUT2D eigenvalue weighted by molar-refractivity contribution is -0.138. The van der Waals surface area contributed by atoms with Crippen LogP contribution in [0.1, 0.15) is 17.0 Å². The number of aryl methyl sites for hydroxylation is 1. The monoisotopic (exact) mass is 552 g/mol. The van der Waals surface area contributed by atoms with Gasteiger partial charge in [0.1, 0.15) is 29.6 Å². The highest BCUT2D eigenvalue weighted by molar-refractivity contribution is 5.85. The van der Waals surface area contributed by atoms with Gasteiger partial charge in [0.2, 0.25) is 5.89 Å². The Bertz CT molecular complexity index is 1360. The van der Waals surface area contributed by atoms with Crippen LogP contribution in [-0.2, 0) is 17.8 Å². The molecule has 0 radical (unpaired) electrons. The topological polar surface area (TPSA) is 111 Å². The van der Waals surface area contributed by atoms with Crippen molar-refractivity contribution in [3.8, 4) is 28.7 Å². The van der Waals surface area contributed by atoms with Crippen molar-refractivity contribution in [1.29, 1.82) is 0 Å². The number of aliphatic carboxylic acids is 1. The van der Waals surface area contributed by atoms with E-state index in [1.165, 1.54) is 7.11 Å². The van der Waals surface area contributed by atoms with Gasteiger partial charge in [0.25, 0.3) is 0 Å². The molecule has 0 spiro atoms. The zero-order valence-corrected chi connectivity index (χ0v) is 22.3. The molecule has 4 rings (SSSR count). The Morgan fingerprint density at radius 1 is 0.923 bits per heavy atom. The van der Waals surface area contributed by atoms with Gasteiger partial charge in [-0.05, 0) is 61.0 Å². The van der Waals surface area contributed by atoms with E-state index in [-0.39, 0.29) is 24.7 Å². The predicted octanol–water partition coefficient (Wildman–Crippen LogP) is 5.79. The van der Waals surface area contributed by atoms with Crippen LogP contribution in [0.3, 0.4) is 0 Å². The molecule has 0 aliphatic carbocycles. The number of hydrogen-bond donors (Lipinski definition) is 1. The standard InChI is InChI=1S/C29H28N2O7.ClH/c1-20-26(30-28(37-20)22-6-4-3-5-7-22)16-17-36-24-10-8-21(9-11-24)18-31(19-27(32)33)29(34)38-25-14-12-23(35-2)13-15-25;/h3-15H,16-19H2,1-2H3,(H,32,33);1H. The number of amides is 1. The number of benzene rings is 3. The van der Waals surface area contributed by atoms with E-state index >= 15 is 0 Å². The normalized spacial score (nSPS) is 10.3. The second-order valence-electron chi connectivity index (χ2n) is 8.42. The maximum absolute atomic E-state index is 12.6. The molecule has 0 unspecified atom stereocenters. The lowest BCUT2D eigenvalue weighted by Crippen LogP contribution is -2.37. The van der Waals surface area contributed by atoms with Crippen LogP contribution in [-0.4, -0.2) is 47.3 Å².